The Kier molecular flexibility index (Phi) is 4.47. The second-order valence-corrected chi connectivity index (χ2v) is 8.99. The minimum absolute atomic E-state index is 0.612. The molecule has 4 aromatic rings. The van der Waals surface area contributed by atoms with E-state index in [2.05, 4.69) is 46.4 Å². The molecule has 2 N–H and O–H groups in total. The van der Waals surface area contributed by atoms with Crippen LogP contribution in [0.15, 0.2) is 53.0 Å². The number of nitrogens with two attached hydrogens (primary N) is 1. The van der Waals surface area contributed by atoms with Gasteiger partial charge in [-0.05, 0) is 48.7 Å². The van der Waals surface area contributed by atoms with E-state index >= 15 is 0 Å². The maximum absolute atomic E-state index is 6.59. The molecule has 2 aromatic heterocycles. The first kappa shape index (κ1) is 17.0. The normalized spacial score (nSPS) is 15.6. The zero-order valence-electron chi connectivity index (χ0n) is 14.7. The van der Waals surface area contributed by atoms with Gasteiger partial charge in [-0.3, -0.25) is 4.98 Å². The zero-order valence-corrected chi connectivity index (χ0v) is 16.4. The third-order valence-corrected chi connectivity index (χ3v) is 7.13. The highest BCUT2D eigenvalue weighted by Gasteiger charge is 2.16. The van der Waals surface area contributed by atoms with Gasteiger partial charge in [0.2, 0.25) is 0 Å². The highest BCUT2D eigenvalue weighted by molar-refractivity contribution is 8.00. The van der Waals surface area contributed by atoms with Crippen LogP contribution in [0.5, 0.6) is 0 Å². The number of hydrogen-bond donors (Lipinski definition) is 1. The summed E-state index contributed by atoms with van der Waals surface area (Å²) in [6.07, 6.45) is 4.07. The summed E-state index contributed by atoms with van der Waals surface area (Å²) in [5, 5.41) is 1.63. The van der Waals surface area contributed by atoms with Gasteiger partial charge < -0.3 is 10.5 Å². The lowest BCUT2D eigenvalue weighted by Gasteiger charge is -2.21. The number of aromatic nitrogens is 2. The number of anilines is 1. The summed E-state index contributed by atoms with van der Waals surface area (Å²) in [5.41, 5.74) is 13.2. The third-order valence-electron chi connectivity index (χ3n) is 4.99. The molecule has 0 unspecified atom stereocenters. The van der Waals surface area contributed by atoms with Crippen LogP contribution in [-0.2, 0) is 4.74 Å². The van der Waals surface area contributed by atoms with Gasteiger partial charge in [0, 0.05) is 40.5 Å². The number of pyridine rings is 1. The van der Waals surface area contributed by atoms with Crippen LogP contribution in [-0.4, -0.2) is 28.4 Å². The SMILES string of the molecule is Nc1c(-c2ccc3scnc3c2)cnc2ccc(SC3CCOCC3)cc12. The van der Waals surface area contributed by atoms with E-state index in [1.165, 1.54) is 9.60 Å². The van der Waals surface area contributed by atoms with Crippen LogP contribution in [0.1, 0.15) is 12.8 Å². The molecule has 0 radical (unpaired) electrons. The standard InChI is InChI=1S/C21H19N3OS2/c22-21-16-10-15(27-14-5-7-25-8-6-14)2-3-18(16)23-11-17(21)13-1-4-20-19(9-13)24-12-26-20/h1-4,9-12,14H,5-8H2,(H2,22,23). The molecule has 27 heavy (non-hydrogen) atoms. The molecule has 136 valence electrons. The fourth-order valence-corrected chi connectivity index (χ4v) is 5.31. The quantitative estimate of drug-likeness (QED) is 0.507. The minimum Gasteiger partial charge on any atom is -0.398 e. The van der Waals surface area contributed by atoms with Crippen LogP contribution >= 0.6 is 23.1 Å². The Morgan fingerprint density at radius 2 is 1.93 bits per heavy atom. The van der Waals surface area contributed by atoms with Gasteiger partial charge in [-0.2, -0.15) is 0 Å². The Labute approximate surface area is 165 Å². The van der Waals surface area contributed by atoms with Crippen LogP contribution in [0.3, 0.4) is 0 Å². The second-order valence-electron chi connectivity index (χ2n) is 6.73. The van der Waals surface area contributed by atoms with Crippen molar-refractivity contribution in [1.29, 1.82) is 0 Å². The predicted molar refractivity (Wildman–Crippen MR) is 114 cm³/mol. The van der Waals surface area contributed by atoms with Gasteiger partial charge in [-0.1, -0.05) is 6.07 Å². The molecule has 4 nitrogen and oxygen atoms in total. The van der Waals surface area contributed by atoms with Gasteiger partial charge in [-0.15, -0.1) is 23.1 Å². The lowest BCUT2D eigenvalue weighted by Crippen LogP contribution is -2.17. The molecule has 6 heteroatoms. The van der Waals surface area contributed by atoms with E-state index in [4.69, 9.17) is 10.5 Å². The summed E-state index contributed by atoms with van der Waals surface area (Å²) < 4.78 is 6.65. The molecule has 1 saturated heterocycles. The molecule has 1 fully saturated rings. The number of nitrogens with zero attached hydrogens (tertiary/aromatic N) is 2. The first-order valence-electron chi connectivity index (χ1n) is 9.04. The number of thioether (sulfide) groups is 1. The molecular formula is C21H19N3OS2. The number of thiazole rings is 1. The molecule has 3 heterocycles. The second kappa shape index (κ2) is 7.11. The Balaban J connectivity index is 1.54. The maximum atomic E-state index is 6.59. The van der Waals surface area contributed by atoms with Crippen molar-refractivity contribution in [3.05, 3.63) is 48.1 Å². The van der Waals surface area contributed by atoms with Gasteiger partial charge in [0.25, 0.3) is 0 Å². The first-order valence-corrected chi connectivity index (χ1v) is 10.8. The molecule has 0 saturated carbocycles. The predicted octanol–water partition coefficient (Wildman–Crippen LogP) is 5.36. The van der Waals surface area contributed by atoms with Crippen LogP contribution in [0, 0.1) is 0 Å². The van der Waals surface area contributed by atoms with Gasteiger partial charge in [0.1, 0.15) is 0 Å². The molecular weight excluding hydrogens is 374 g/mol. The van der Waals surface area contributed by atoms with Crippen LogP contribution in [0.25, 0.3) is 32.2 Å². The topological polar surface area (TPSA) is 61.0 Å². The fourth-order valence-electron chi connectivity index (χ4n) is 3.51. The number of fused-ring (bicyclic) bond motifs is 2. The van der Waals surface area contributed by atoms with Crippen molar-refractivity contribution in [2.75, 3.05) is 18.9 Å². The fraction of sp³-hybridized carbons (Fsp3) is 0.238. The summed E-state index contributed by atoms with van der Waals surface area (Å²) in [6.45, 7) is 1.72. The highest BCUT2D eigenvalue weighted by Crippen LogP contribution is 2.36. The number of nitrogen functional groups attached to an aromatic ring is 1. The summed E-state index contributed by atoms with van der Waals surface area (Å²) >= 11 is 3.57. The van der Waals surface area contributed by atoms with Crippen molar-refractivity contribution in [1.82, 2.24) is 9.97 Å². The van der Waals surface area contributed by atoms with Crippen LogP contribution in [0.2, 0.25) is 0 Å². The molecule has 0 bridgehead atoms. The first-order chi connectivity index (χ1) is 13.3. The summed E-state index contributed by atoms with van der Waals surface area (Å²) in [6, 6.07) is 12.7. The molecule has 5 rings (SSSR count). The molecule has 1 aliphatic heterocycles. The Bertz CT molecular complexity index is 1120. The Hall–Kier alpha value is -2.15. The number of ether oxygens (including phenoxy) is 1. The maximum Gasteiger partial charge on any atom is 0.0818 e. The van der Waals surface area contributed by atoms with Gasteiger partial charge >= 0.3 is 0 Å². The molecule has 0 atom stereocenters. The Morgan fingerprint density at radius 3 is 2.81 bits per heavy atom. The smallest absolute Gasteiger partial charge is 0.0818 e. The summed E-state index contributed by atoms with van der Waals surface area (Å²) in [7, 11) is 0. The highest BCUT2D eigenvalue weighted by atomic mass is 32.2. The average Bonchev–Trinajstić information content (AvgIpc) is 3.17. The van der Waals surface area contributed by atoms with E-state index in [0.717, 1.165) is 59.3 Å². The van der Waals surface area contributed by atoms with E-state index in [-0.39, 0.29) is 0 Å². The number of benzene rings is 2. The minimum atomic E-state index is 0.612. The third kappa shape index (κ3) is 3.29. The molecule has 1 aliphatic rings. The van der Waals surface area contributed by atoms with Crippen molar-refractivity contribution in [3.8, 4) is 11.1 Å². The van der Waals surface area contributed by atoms with Gasteiger partial charge in [0.15, 0.2) is 0 Å². The summed E-state index contributed by atoms with van der Waals surface area (Å²) in [5.74, 6) is 0. The molecule has 0 spiro atoms. The van der Waals surface area contributed by atoms with Gasteiger partial charge in [-0.25, -0.2) is 4.98 Å². The molecule has 0 amide bonds. The average molecular weight is 394 g/mol. The number of rotatable bonds is 3. The lowest BCUT2D eigenvalue weighted by atomic mass is 10.0. The Morgan fingerprint density at radius 1 is 1.04 bits per heavy atom. The van der Waals surface area contributed by atoms with Crippen molar-refractivity contribution < 1.29 is 4.74 Å². The lowest BCUT2D eigenvalue weighted by molar-refractivity contribution is 0.100. The number of hydrogen-bond acceptors (Lipinski definition) is 6. The van der Waals surface area contributed by atoms with E-state index < -0.39 is 0 Å². The van der Waals surface area contributed by atoms with Crippen LogP contribution in [0.4, 0.5) is 5.69 Å². The van der Waals surface area contributed by atoms with Crippen molar-refractivity contribution >= 4 is 49.9 Å². The molecule has 2 aromatic carbocycles. The monoisotopic (exact) mass is 393 g/mol. The van der Waals surface area contributed by atoms with Gasteiger partial charge in [0.05, 0.1) is 26.9 Å². The molecule has 0 aliphatic carbocycles. The van der Waals surface area contributed by atoms with E-state index in [1.807, 2.05) is 23.5 Å². The largest absolute Gasteiger partial charge is 0.398 e. The van der Waals surface area contributed by atoms with Crippen molar-refractivity contribution in [3.63, 3.8) is 0 Å². The van der Waals surface area contributed by atoms with Crippen LogP contribution < -0.4 is 5.73 Å². The van der Waals surface area contributed by atoms with E-state index in [0.29, 0.717) is 5.25 Å². The zero-order chi connectivity index (χ0) is 18.2. The van der Waals surface area contributed by atoms with E-state index in [1.54, 1.807) is 11.3 Å². The van der Waals surface area contributed by atoms with E-state index in [9.17, 15) is 0 Å². The van der Waals surface area contributed by atoms with Crippen molar-refractivity contribution in [2.45, 2.75) is 23.0 Å². The summed E-state index contributed by atoms with van der Waals surface area (Å²) in [4.78, 5) is 10.3. The van der Waals surface area contributed by atoms with Crippen molar-refractivity contribution in [2.24, 2.45) is 0 Å².